The molecule has 0 heterocycles. The van der Waals surface area contributed by atoms with Gasteiger partial charge in [0.25, 0.3) is 5.91 Å². The highest BCUT2D eigenvalue weighted by Crippen LogP contribution is 2.23. The van der Waals surface area contributed by atoms with E-state index in [1.807, 2.05) is 12.1 Å². The summed E-state index contributed by atoms with van der Waals surface area (Å²) in [5.74, 6) is -1.83. The molecule has 0 unspecified atom stereocenters. The minimum Gasteiger partial charge on any atom is -0.478 e. The summed E-state index contributed by atoms with van der Waals surface area (Å²) in [7, 11) is -3.88. The third-order valence-electron chi connectivity index (χ3n) is 4.89. The number of amides is 1. The monoisotopic (exact) mass is 531 g/mol. The topological polar surface area (TPSA) is 139 Å². The van der Waals surface area contributed by atoms with Crippen molar-refractivity contribution in [2.24, 2.45) is 0 Å². The maximum absolute atomic E-state index is 12.9. The molecule has 0 radical (unpaired) electrons. The number of nitrogens with two attached hydrogens (primary N) is 1. The van der Waals surface area contributed by atoms with Crippen molar-refractivity contribution in [3.05, 3.63) is 87.4 Å². The minimum atomic E-state index is -3.88. The average molecular weight is 532 g/mol. The van der Waals surface area contributed by atoms with E-state index in [1.165, 1.54) is 30.3 Å². The molecule has 33 heavy (non-hydrogen) atoms. The molecular formula is C23H22BrN3O5S. The van der Waals surface area contributed by atoms with Crippen LogP contribution in [0.4, 0.5) is 11.4 Å². The van der Waals surface area contributed by atoms with Crippen LogP contribution in [0.1, 0.15) is 31.8 Å². The summed E-state index contributed by atoms with van der Waals surface area (Å²) in [4.78, 5) is 24.2. The number of benzene rings is 3. The number of hydrogen-bond acceptors (Lipinski definition) is 5. The minimum absolute atomic E-state index is 0.0262. The van der Waals surface area contributed by atoms with E-state index < -0.39 is 21.9 Å². The lowest BCUT2D eigenvalue weighted by atomic mass is 10.1. The molecule has 5 N–H and O–H groups in total. The van der Waals surface area contributed by atoms with Gasteiger partial charge >= 0.3 is 5.97 Å². The third-order valence-corrected chi connectivity index (χ3v) is 6.98. The van der Waals surface area contributed by atoms with Crippen LogP contribution in [0, 0.1) is 6.92 Å². The van der Waals surface area contributed by atoms with E-state index >= 15 is 0 Å². The fourth-order valence-electron chi connectivity index (χ4n) is 3.12. The van der Waals surface area contributed by atoms with E-state index in [0.717, 1.165) is 5.56 Å². The summed E-state index contributed by atoms with van der Waals surface area (Å²) >= 11 is 3.20. The molecule has 0 saturated carbocycles. The molecule has 0 saturated heterocycles. The van der Waals surface area contributed by atoms with Gasteiger partial charge < -0.3 is 16.2 Å². The van der Waals surface area contributed by atoms with Gasteiger partial charge in [-0.2, -0.15) is 0 Å². The lowest BCUT2D eigenvalue weighted by molar-refractivity contribution is 0.0698. The second kappa shape index (κ2) is 10.2. The van der Waals surface area contributed by atoms with Crippen molar-refractivity contribution < 1.29 is 23.1 Å². The summed E-state index contributed by atoms with van der Waals surface area (Å²) in [6.07, 6.45) is 0.472. The number of nitrogen functional groups attached to an aromatic ring is 1. The Morgan fingerprint density at radius 3 is 2.39 bits per heavy atom. The Kier molecular flexibility index (Phi) is 7.52. The average Bonchev–Trinajstić information content (AvgIpc) is 2.76. The van der Waals surface area contributed by atoms with Crippen molar-refractivity contribution in [2.45, 2.75) is 18.2 Å². The number of carbonyl (C=O) groups excluding carboxylic acids is 1. The Morgan fingerprint density at radius 1 is 1.03 bits per heavy atom. The number of halogens is 1. The number of hydrogen-bond donors (Lipinski definition) is 4. The predicted molar refractivity (Wildman–Crippen MR) is 130 cm³/mol. The molecule has 1 amide bonds. The summed E-state index contributed by atoms with van der Waals surface area (Å²) in [6, 6.07) is 15.9. The van der Waals surface area contributed by atoms with Crippen LogP contribution in [-0.2, 0) is 16.4 Å². The number of carbonyl (C=O) groups is 2. The first-order valence-electron chi connectivity index (χ1n) is 9.86. The van der Waals surface area contributed by atoms with Gasteiger partial charge in [-0.1, -0.05) is 34.1 Å². The predicted octanol–water partition coefficient (Wildman–Crippen LogP) is 3.81. The zero-order chi connectivity index (χ0) is 24.2. The van der Waals surface area contributed by atoms with Gasteiger partial charge in [-0.3, -0.25) is 4.79 Å². The third kappa shape index (κ3) is 6.19. The van der Waals surface area contributed by atoms with Crippen molar-refractivity contribution >= 4 is 49.2 Å². The quantitative estimate of drug-likeness (QED) is 0.326. The van der Waals surface area contributed by atoms with E-state index in [9.17, 15) is 23.1 Å². The van der Waals surface area contributed by atoms with E-state index in [4.69, 9.17) is 5.73 Å². The Balaban J connectivity index is 1.77. The summed E-state index contributed by atoms with van der Waals surface area (Å²) < 4.78 is 28.8. The van der Waals surface area contributed by atoms with Crippen molar-refractivity contribution in [3.63, 3.8) is 0 Å². The van der Waals surface area contributed by atoms with Gasteiger partial charge in [0.2, 0.25) is 10.0 Å². The van der Waals surface area contributed by atoms with Crippen LogP contribution in [0.3, 0.4) is 0 Å². The number of carboxylic acid groups (broad SMARTS) is 1. The fraction of sp³-hybridized carbons (Fsp3) is 0.130. The maximum Gasteiger partial charge on any atom is 0.337 e. The summed E-state index contributed by atoms with van der Waals surface area (Å²) in [5.41, 5.74) is 7.78. The molecule has 0 bridgehead atoms. The van der Waals surface area contributed by atoms with Gasteiger partial charge in [0.1, 0.15) is 0 Å². The van der Waals surface area contributed by atoms with Gasteiger partial charge in [-0.15, -0.1) is 0 Å². The lowest BCUT2D eigenvalue weighted by Crippen LogP contribution is -2.27. The first-order valence-corrected chi connectivity index (χ1v) is 12.1. The molecule has 0 aliphatic heterocycles. The number of sulfonamides is 1. The molecule has 0 fully saturated rings. The van der Waals surface area contributed by atoms with Crippen LogP contribution in [0.5, 0.6) is 0 Å². The van der Waals surface area contributed by atoms with Crippen molar-refractivity contribution in [1.82, 2.24) is 4.72 Å². The maximum atomic E-state index is 12.9. The van der Waals surface area contributed by atoms with Gasteiger partial charge in [0.05, 0.1) is 16.1 Å². The van der Waals surface area contributed by atoms with Gasteiger partial charge in [-0.25, -0.2) is 17.9 Å². The fourth-order valence-corrected chi connectivity index (χ4v) is 4.78. The van der Waals surface area contributed by atoms with E-state index in [1.54, 1.807) is 25.1 Å². The van der Waals surface area contributed by atoms with E-state index in [0.29, 0.717) is 22.1 Å². The molecule has 0 atom stereocenters. The smallest absolute Gasteiger partial charge is 0.337 e. The second-order valence-electron chi connectivity index (χ2n) is 7.32. The molecule has 0 spiro atoms. The normalized spacial score (nSPS) is 11.2. The molecule has 10 heteroatoms. The van der Waals surface area contributed by atoms with E-state index in [2.05, 4.69) is 26.0 Å². The number of aromatic carboxylic acids is 1. The Morgan fingerprint density at radius 2 is 1.73 bits per heavy atom. The molecule has 3 rings (SSSR count). The van der Waals surface area contributed by atoms with Crippen LogP contribution in [0.25, 0.3) is 0 Å². The van der Waals surface area contributed by atoms with Crippen LogP contribution in [0.2, 0.25) is 0 Å². The molecule has 3 aromatic carbocycles. The van der Waals surface area contributed by atoms with Crippen molar-refractivity contribution in [3.8, 4) is 0 Å². The zero-order valence-corrected chi connectivity index (χ0v) is 20.0. The number of anilines is 2. The highest BCUT2D eigenvalue weighted by atomic mass is 79.9. The zero-order valence-electron chi connectivity index (χ0n) is 17.6. The Bertz CT molecular complexity index is 1310. The van der Waals surface area contributed by atoms with Crippen LogP contribution < -0.4 is 15.8 Å². The summed E-state index contributed by atoms with van der Waals surface area (Å²) in [6.45, 7) is 1.80. The Labute approximate surface area is 200 Å². The number of aryl methyl sites for hydroxylation is 1. The molecule has 3 aromatic rings. The molecule has 0 aromatic heterocycles. The Hall–Kier alpha value is -3.21. The number of rotatable bonds is 8. The van der Waals surface area contributed by atoms with Crippen LogP contribution >= 0.6 is 15.9 Å². The molecule has 8 nitrogen and oxygen atoms in total. The first kappa shape index (κ1) is 24.4. The van der Waals surface area contributed by atoms with Gasteiger partial charge in [-0.05, 0) is 66.9 Å². The molecule has 0 aliphatic carbocycles. The van der Waals surface area contributed by atoms with Crippen molar-refractivity contribution in [1.29, 1.82) is 0 Å². The standard InChI is InChI=1S/C23H22BrN3O5S/c1-14-2-5-16(22(28)27-20-9-6-17(24)13-19(20)23(29)30)12-21(14)33(31,32)26-11-10-15-3-7-18(25)8-4-15/h2-9,12-13,26H,10-11,25H2,1H3,(H,27,28)(H,29,30). The van der Waals surface area contributed by atoms with Crippen LogP contribution in [0.15, 0.2) is 70.0 Å². The van der Waals surface area contributed by atoms with Crippen molar-refractivity contribution in [2.75, 3.05) is 17.6 Å². The SMILES string of the molecule is Cc1ccc(C(=O)Nc2ccc(Br)cc2C(=O)O)cc1S(=O)(=O)NCCc1ccc(N)cc1. The number of nitrogens with one attached hydrogen (secondary N) is 2. The second-order valence-corrected chi connectivity index (χ2v) is 9.97. The van der Waals surface area contributed by atoms with Gasteiger partial charge in [0, 0.05) is 22.3 Å². The lowest BCUT2D eigenvalue weighted by Gasteiger charge is -2.13. The number of carboxylic acids is 1. The van der Waals surface area contributed by atoms with Crippen LogP contribution in [-0.4, -0.2) is 31.9 Å². The molecule has 0 aliphatic rings. The first-order chi connectivity index (χ1) is 15.6. The highest BCUT2D eigenvalue weighted by Gasteiger charge is 2.20. The molecule has 172 valence electrons. The summed E-state index contributed by atoms with van der Waals surface area (Å²) in [5, 5.41) is 11.9. The van der Waals surface area contributed by atoms with E-state index in [-0.39, 0.29) is 28.3 Å². The highest BCUT2D eigenvalue weighted by molar-refractivity contribution is 9.10. The van der Waals surface area contributed by atoms with Gasteiger partial charge in [0.15, 0.2) is 0 Å². The largest absolute Gasteiger partial charge is 0.478 e. The molecular weight excluding hydrogens is 510 g/mol.